The molecular formula is C27H41NO. The van der Waals surface area contributed by atoms with Crippen LogP contribution in [0.2, 0.25) is 0 Å². The number of carbonyl (C=O) groups is 1. The molecule has 0 fully saturated rings. The molecule has 0 saturated heterocycles. The number of unbranched alkanes of at least 4 members (excludes halogenated alkanes) is 2. The minimum Gasteiger partial charge on any atom is -0.338 e. The van der Waals surface area contributed by atoms with Gasteiger partial charge in [0.15, 0.2) is 0 Å². The highest BCUT2D eigenvalue weighted by atomic mass is 16.2. The van der Waals surface area contributed by atoms with E-state index in [-0.39, 0.29) is 5.91 Å². The predicted octanol–water partition coefficient (Wildman–Crippen LogP) is 7.71. The van der Waals surface area contributed by atoms with Crippen molar-refractivity contribution >= 4 is 16.7 Å². The molecule has 2 unspecified atom stereocenters. The van der Waals surface area contributed by atoms with E-state index < -0.39 is 0 Å². The molecule has 0 radical (unpaired) electrons. The molecule has 2 atom stereocenters. The number of carbonyl (C=O) groups excluding carboxylic acids is 1. The van der Waals surface area contributed by atoms with Crippen molar-refractivity contribution in [1.29, 1.82) is 0 Å². The Morgan fingerprint density at radius 1 is 0.793 bits per heavy atom. The fourth-order valence-electron chi connectivity index (χ4n) is 4.28. The van der Waals surface area contributed by atoms with E-state index in [9.17, 15) is 4.79 Å². The topological polar surface area (TPSA) is 20.3 Å². The van der Waals surface area contributed by atoms with Gasteiger partial charge in [-0.05, 0) is 41.5 Å². The monoisotopic (exact) mass is 395 g/mol. The van der Waals surface area contributed by atoms with E-state index in [0.717, 1.165) is 42.3 Å². The summed E-state index contributed by atoms with van der Waals surface area (Å²) in [4.78, 5) is 15.9. The smallest absolute Gasteiger partial charge is 0.254 e. The molecule has 0 aliphatic carbocycles. The SMILES string of the molecule is CCCCC(CC)CN(CC(CC)CCCC)C(=O)c1cccc2ccccc12. The molecule has 0 N–H and O–H groups in total. The second-order valence-corrected chi connectivity index (χ2v) is 8.57. The van der Waals surface area contributed by atoms with Gasteiger partial charge in [-0.25, -0.2) is 0 Å². The average Bonchev–Trinajstić information content (AvgIpc) is 2.77. The normalized spacial score (nSPS) is 13.4. The lowest BCUT2D eigenvalue weighted by Crippen LogP contribution is -2.39. The van der Waals surface area contributed by atoms with Crippen molar-refractivity contribution in [3.05, 3.63) is 48.0 Å². The van der Waals surface area contributed by atoms with Gasteiger partial charge in [-0.2, -0.15) is 0 Å². The highest BCUT2D eigenvalue weighted by molar-refractivity contribution is 6.07. The van der Waals surface area contributed by atoms with Crippen molar-refractivity contribution in [3.8, 4) is 0 Å². The zero-order valence-electron chi connectivity index (χ0n) is 19.1. The second kappa shape index (κ2) is 12.7. The summed E-state index contributed by atoms with van der Waals surface area (Å²) in [5.74, 6) is 1.40. The van der Waals surface area contributed by atoms with E-state index >= 15 is 0 Å². The predicted molar refractivity (Wildman–Crippen MR) is 126 cm³/mol. The van der Waals surface area contributed by atoms with Crippen LogP contribution in [0.5, 0.6) is 0 Å². The fraction of sp³-hybridized carbons (Fsp3) is 0.593. The van der Waals surface area contributed by atoms with Crippen molar-refractivity contribution in [2.75, 3.05) is 13.1 Å². The third-order valence-electron chi connectivity index (χ3n) is 6.35. The number of hydrogen-bond acceptors (Lipinski definition) is 1. The van der Waals surface area contributed by atoms with Crippen LogP contribution in [0.4, 0.5) is 0 Å². The Balaban J connectivity index is 2.29. The number of rotatable bonds is 13. The van der Waals surface area contributed by atoms with E-state index in [2.05, 4.69) is 50.8 Å². The van der Waals surface area contributed by atoms with Crippen LogP contribution in [0.3, 0.4) is 0 Å². The first-order valence-electron chi connectivity index (χ1n) is 11.9. The molecule has 0 bridgehead atoms. The first kappa shape index (κ1) is 23.4. The summed E-state index contributed by atoms with van der Waals surface area (Å²) in [6.45, 7) is 10.8. The second-order valence-electron chi connectivity index (χ2n) is 8.57. The van der Waals surface area contributed by atoms with Gasteiger partial charge in [-0.3, -0.25) is 4.79 Å². The highest BCUT2D eigenvalue weighted by Gasteiger charge is 2.23. The zero-order valence-corrected chi connectivity index (χ0v) is 19.1. The van der Waals surface area contributed by atoms with E-state index in [1.807, 2.05) is 24.3 Å². The Bertz CT molecular complexity index is 715. The average molecular weight is 396 g/mol. The molecule has 2 aromatic rings. The van der Waals surface area contributed by atoms with Gasteiger partial charge in [0.25, 0.3) is 5.91 Å². The molecule has 0 aliphatic rings. The molecule has 160 valence electrons. The maximum absolute atomic E-state index is 13.7. The van der Waals surface area contributed by atoms with Crippen LogP contribution in [0.15, 0.2) is 42.5 Å². The van der Waals surface area contributed by atoms with Crippen LogP contribution in [0.1, 0.15) is 89.4 Å². The molecule has 2 rings (SSSR count). The molecule has 1 amide bonds. The Morgan fingerprint density at radius 3 is 1.90 bits per heavy atom. The first-order chi connectivity index (χ1) is 14.1. The van der Waals surface area contributed by atoms with Crippen LogP contribution >= 0.6 is 0 Å². The van der Waals surface area contributed by atoms with Crippen molar-refractivity contribution in [2.24, 2.45) is 11.8 Å². The summed E-state index contributed by atoms with van der Waals surface area (Å²) in [6, 6.07) is 14.4. The number of amides is 1. The van der Waals surface area contributed by atoms with Crippen LogP contribution in [-0.4, -0.2) is 23.9 Å². The maximum atomic E-state index is 13.7. The zero-order chi connectivity index (χ0) is 21.1. The van der Waals surface area contributed by atoms with Gasteiger partial charge >= 0.3 is 0 Å². The lowest BCUT2D eigenvalue weighted by Gasteiger charge is -2.31. The van der Waals surface area contributed by atoms with Crippen molar-refractivity contribution < 1.29 is 4.79 Å². The fourth-order valence-corrected chi connectivity index (χ4v) is 4.28. The molecular weight excluding hydrogens is 354 g/mol. The van der Waals surface area contributed by atoms with Crippen LogP contribution in [0, 0.1) is 11.8 Å². The molecule has 29 heavy (non-hydrogen) atoms. The minimum absolute atomic E-state index is 0.215. The van der Waals surface area contributed by atoms with Crippen molar-refractivity contribution in [1.82, 2.24) is 4.90 Å². The molecule has 2 heteroatoms. The van der Waals surface area contributed by atoms with Gasteiger partial charge < -0.3 is 4.90 Å². The molecule has 0 heterocycles. The summed E-state index contributed by atoms with van der Waals surface area (Å²) in [5, 5.41) is 2.22. The molecule has 0 aromatic heterocycles. The van der Waals surface area contributed by atoms with Gasteiger partial charge in [-0.1, -0.05) is 103 Å². The van der Waals surface area contributed by atoms with Crippen LogP contribution < -0.4 is 0 Å². The van der Waals surface area contributed by atoms with E-state index in [4.69, 9.17) is 0 Å². The third kappa shape index (κ3) is 6.87. The Labute approximate surface area is 178 Å². The maximum Gasteiger partial charge on any atom is 0.254 e. The highest BCUT2D eigenvalue weighted by Crippen LogP contribution is 2.24. The van der Waals surface area contributed by atoms with E-state index in [1.54, 1.807) is 0 Å². The summed E-state index contributed by atoms with van der Waals surface area (Å²) in [5.41, 5.74) is 0.860. The standard InChI is InChI=1S/C27H41NO/c1-5-9-14-22(7-3)20-28(21-23(8-4)15-10-6-2)27(29)26-19-13-17-24-16-11-12-18-25(24)26/h11-13,16-19,22-23H,5-10,14-15,20-21H2,1-4H3. The first-order valence-corrected chi connectivity index (χ1v) is 11.9. The molecule has 2 aromatic carbocycles. The largest absolute Gasteiger partial charge is 0.338 e. The summed E-state index contributed by atoms with van der Waals surface area (Å²) >= 11 is 0. The number of benzene rings is 2. The summed E-state index contributed by atoms with van der Waals surface area (Å²) < 4.78 is 0. The quantitative estimate of drug-likeness (QED) is 0.340. The number of hydrogen-bond donors (Lipinski definition) is 0. The summed E-state index contributed by atoms with van der Waals surface area (Å²) in [7, 11) is 0. The summed E-state index contributed by atoms with van der Waals surface area (Å²) in [6.07, 6.45) is 9.68. The van der Waals surface area contributed by atoms with Gasteiger partial charge in [0.05, 0.1) is 0 Å². The lowest BCUT2D eigenvalue weighted by atomic mass is 9.94. The van der Waals surface area contributed by atoms with Crippen LogP contribution in [-0.2, 0) is 0 Å². The van der Waals surface area contributed by atoms with E-state index in [1.165, 1.54) is 38.5 Å². The number of fused-ring (bicyclic) bond motifs is 1. The van der Waals surface area contributed by atoms with Gasteiger partial charge in [0.1, 0.15) is 0 Å². The molecule has 0 saturated carbocycles. The van der Waals surface area contributed by atoms with E-state index in [0.29, 0.717) is 11.8 Å². The lowest BCUT2D eigenvalue weighted by molar-refractivity contribution is 0.0687. The van der Waals surface area contributed by atoms with Gasteiger partial charge in [-0.15, -0.1) is 0 Å². The Hall–Kier alpha value is -1.83. The van der Waals surface area contributed by atoms with Gasteiger partial charge in [0, 0.05) is 18.7 Å². The third-order valence-corrected chi connectivity index (χ3v) is 6.35. The Morgan fingerprint density at radius 2 is 1.34 bits per heavy atom. The van der Waals surface area contributed by atoms with Crippen molar-refractivity contribution in [2.45, 2.75) is 79.1 Å². The Kier molecular flexibility index (Phi) is 10.2. The van der Waals surface area contributed by atoms with Crippen molar-refractivity contribution in [3.63, 3.8) is 0 Å². The molecule has 2 nitrogen and oxygen atoms in total. The molecule has 0 aliphatic heterocycles. The number of nitrogens with zero attached hydrogens (tertiary/aromatic N) is 1. The molecule has 0 spiro atoms. The van der Waals surface area contributed by atoms with Crippen LogP contribution in [0.25, 0.3) is 10.8 Å². The van der Waals surface area contributed by atoms with Gasteiger partial charge in [0.2, 0.25) is 0 Å². The minimum atomic E-state index is 0.215.